The Labute approximate surface area is 189 Å². The molecule has 168 valence electrons. The number of rotatable bonds is 6. The Hall–Kier alpha value is -3.37. The summed E-state index contributed by atoms with van der Waals surface area (Å²) >= 11 is 5.94. The van der Waals surface area contributed by atoms with Crippen molar-refractivity contribution in [2.24, 2.45) is 0 Å². The van der Waals surface area contributed by atoms with Gasteiger partial charge in [0.25, 0.3) is 0 Å². The Bertz CT molecular complexity index is 1290. The molecule has 0 saturated heterocycles. The number of amides is 2. The van der Waals surface area contributed by atoms with Crippen molar-refractivity contribution in [2.75, 3.05) is 10.6 Å². The molecule has 1 unspecified atom stereocenters. The lowest BCUT2D eigenvalue weighted by Crippen LogP contribution is -2.33. The number of anilines is 2. The van der Waals surface area contributed by atoms with Gasteiger partial charge in [-0.2, -0.15) is 5.10 Å². The van der Waals surface area contributed by atoms with E-state index in [1.165, 1.54) is 55.2 Å². The molecule has 32 heavy (non-hydrogen) atoms. The predicted octanol–water partition coefficient (Wildman–Crippen LogP) is 3.30. The second kappa shape index (κ2) is 9.01. The van der Waals surface area contributed by atoms with Crippen molar-refractivity contribution in [1.29, 1.82) is 0 Å². The van der Waals surface area contributed by atoms with E-state index in [-0.39, 0.29) is 27.7 Å². The SMILES string of the molecule is CC(=O)Nc1cc(-n2cc(Cl)cn2)c(NC(=O)C(C)S(=O)(=O)c2ccc(C)cc2)cc1O. The van der Waals surface area contributed by atoms with Crippen molar-refractivity contribution >= 4 is 44.6 Å². The summed E-state index contributed by atoms with van der Waals surface area (Å²) < 4.78 is 27.1. The van der Waals surface area contributed by atoms with E-state index in [1.54, 1.807) is 12.1 Å². The zero-order valence-corrected chi connectivity index (χ0v) is 19.0. The number of phenolic OH excluding ortho intramolecular Hbond substituents is 1. The molecule has 0 radical (unpaired) electrons. The number of hydrogen-bond acceptors (Lipinski definition) is 6. The van der Waals surface area contributed by atoms with Gasteiger partial charge in [-0.15, -0.1) is 0 Å². The van der Waals surface area contributed by atoms with Gasteiger partial charge >= 0.3 is 0 Å². The average molecular weight is 477 g/mol. The summed E-state index contributed by atoms with van der Waals surface area (Å²) in [6, 6.07) is 8.76. The number of carbonyl (C=O) groups is 2. The number of nitrogens with zero attached hydrogens (tertiary/aromatic N) is 2. The molecule has 9 nitrogen and oxygen atoms in total. The molecule has 0 aliphatic rings. The average Bonchev–Trinajstić information content (AvgIpc) is 3.15. The Morgan fingerprint density at radius 1 is 1.12 bits per heavy atom. The van der Waals surface area contributed by atoms with Gasteiger partial charge in [0.15, 0.2) is 9.84 Å². The van der Waals surface area contributed by atoms with E-state index in [1.807, 2.05) is 6.92 Å². The van der Waals surface area contributed by atoms with Crippen LogP contribution >= 0.6 is 11.6 Å². The zero-order valence-electron chi connectivity index (χ0n) is 17.5. The zero-order chi connectivity index (χ0) is 23.6. The van der Waals surface area contributed by atoms with Crippen LogP contribution in [-0.4, -0.2) is 40.4 Å². The summed E-state index contributed by atoms with van der Waals surface area (Å²) in [5.41, 5.74) is 1.30. The minimum absolute atomic E-state index is 0.0219. The molecule has 1 atom stereocenters. The Morgan fingerprint density at radius 3 is 2.34 bits per heavy atom. The molecule has 1 heterocycles. The lowest BCUT2D eigenvalue weighted by Gasteiger charge is -2.17. The normalized spacial score (nSPS) is 12.2. The van der Waals surface area contributed by atoms with Crippen LogP contribution in [0.5, 0.6) is 5.75 Å². The second-order valence-corrected chi connectivity index (χ2v) is 9.87. The molecule has 0 bridgehead atoms. The molecule has 0 aliphatic heterocycles. The maximum absolute atomic E-state index is 12.9. The number of aryl methyl sites for hydroxylation is 1. The molecule has 3 rings (SSSR count). The van der Waals surface area contributed by atoms with E-state index >= 15 is 0 Å². The molecular formula is C21H21ClN4O5S. The van der Waals surface area contributed by atoms with Crippen LogP contribution in [0.25, 0.3) is 5.69 Å². The molecule has 3 N–H and O–H groups in total. The molecule has 0 saturated carbocycles. The number of carbonyl (C=O) groups excluding carboxylic acids is 2. The first-order valence-corrected chi connectivity index (χ1v) is 11.4. The van der Waals surface area contributed by atoms with Gasteiger partial charge in [-0.05, 0) is 32.0 Å². The molecule has 0 spiro atoms. The van der Waals surface area contributed by atoms with Crippen LogP contribution in [0.1, 0.15) is 19.4 Å². The lowest BCUT2D eigenvalue weighted by atomic mass is 10.2. The molecular weight excluding hydrogens is 456 g/mol. The molecule has 1 aromatic heterocycles. The van der Waals surface area contributed by atoms with Crippen molar-refractivity contribution in [3.63, 3.8) is 0 Å². The highest BCUT2D eigenvalue weighted by Gasteiger charge is 2.30. The molecule has 11 heteroatoms. The fourth-order valence-electron chi connectivity index (χ4n) is 2.90. The largest absolute Gasteiger partial charge is 0.506 e. The molecule has 3 aromatic rings. The fourth-order valence-corrected chi connectivity index (χ4v) is 4.30. The third-order valence-corrected chi connectivity index (χ3v) is 6.93. The highest BCUT2D eigenvalue weighted by atomic mass is 35.5. The second-order valence-electron chi connectivity index (χ2n) is 7.16. The summed E-state index contributed by atoms with van der Waals surface area (Å²) in [5, 5.41) is 18.3. The fraction of sp³-hybridized carbons (Fsp3) is 0.190. The summed E-state index contributed by atoms with van der Waals surface area (Å²) in [6.07, 6.45) is 2.82. The number of aromatic hydroxyl groups is 1. The van der Waals surface area contributed by atoms with Crippen LogP contribution < -0.4 is 10.6 Å². The number of phenols is 1. The first-order chi connectivity index (χ1) is 15.0. The Balaban J connectivity index is 1.98. The van der Waals surface area contributed by atoms with E-state index in [9.17, 15) is 23.1 Å². The van der Waals surface area contributed by atoms with Gasteiger partial charge in [-0.1, -0.05) is 29.3 Å². The maximum Gasteiger partial charge on any atom is 0.242 e. The monoisotopic (exact) mass is 476 g/mol. The number of benzene rings is 2. The minimum Gasteiger partial charge on any atom is -0.506 e. The number of nitrogens with one attached hydrogen (secondary N) is 2. The predicted molar refractivity (Wildman–Crippen MR) is 121 cm³/mol. The third kappa shape index (κ3) is 4.92. The number of halogens is 1. The molecule has 0 fully saturated rings. The highest BCUT2D eigenvalue weighted by Crippen LogP contribution is 2.33. The van der Waals surface area contributed by atoms with Crippen LogP contribution in [0.4, 0.5) is 11.4 Å². The number of sulfone groups is 1. The summed E-state index contributed by atoms with van der Waals surface area (Å²) in [6.45, 7) is 4.38. The van der Waals surface area contributed by atoms with E-state index in [0.29, 0.717) is 5.02 Å². The van der Waals surface area contributed by atoms with Gasteiger partial charge < -0.3 is 15.7 Å². The van der Waals surface area contributed by atoms with Crippen molar-refractivity contribution in [2.45, 2.75) is 30.9 Å². The van der Waals surface area contributed by atoms with Crippen molar-refractivity contribution < 1.29 is 23.1 Å². The van der Waals surface area contributed by atoms with E-state index in [4.69, 9.17) is 11.6 Å². The Morgan fingerprint density at radius 2 is 1.78 bits per heavy atom. The van der Waals surface area contributed by atoms with Gasteiger partial charge in [0.05, 0.1) is 33.2 Å². The summed E-state index contributed by atoms with van der Waals surface area (Å²) in [5.74, 6) is -1.55. The van der Waals surface area contributed by atoms with Crippen LogP contribution in [0.2, 0.25) is 5.02 Å². The minimum atomic E-state index is -3.96. The van der Waals surface area contributed by atoms with Crippen molar-refractivity contribution in [3.8, 4) is 11.4 Å². The van der Waals surface area contributed by atoms with Crippen LogP contribution in [-0.2, 0) is 19.4 Å². The van der Waals surface area contributed by atoms with Crippen molar-refractivity contribution in [1.82, 2.24) is 9.78 Å². The standard InChI is InChI=1S/C21H21ClN4O5S/c1-12-4-6-16(7-5-12)32(30,31)13(2)21(29)25-17-9-20(28)18(24-14(3)27)8-19(17)26-11-15(22)10-23-26/h4-11,13,28H,1-3H3,(H,24,27)(H,25,29). The van der Waals surface area contributed by atoms with Gasteiger partial charge in [0.1, 0.15) is 11.0 Å². The lowest BCUT2D eigenvalue weighted by molar-refractivity contribution is -0.116. The highest BCUT2D eigenvalue weighted by molar-refractivity contribution is 7.92. The van der Waals surface area contributed by atoms with Gasteiger partial charge in [0, 0.05) is 19.2 Å². The quantitative estimate of drug-likeness (QED) is 0.468. The number of hydrogen-bond donors (Lipinski definition) is 3. The molecule has 2 amide bonds. The summed E-state index contributed by atoms with van der Waals surface area (Å²) in [7, 11) is -3.96. The first-order valence-electron chi connectivity index (χ1n) is 9.45. The topological polar surface area (TPSA) is 130 Å². The third-order valence-electron chi connectivity index (χ3n) is 4.66. The van der Waals surface area contributed by atoms with Crippen LogP contribution in [0.3, 0.4) is 0 Å². The molecule has 0 aliphatic carbocycles. The maximum atomic E-state index is 12.9. The Kier molecular flexibility index (Phi) is 6.56. The van der Waals surface area contributed by atoms with Gasteiger partial charge in [-0.25, -0.2) is 13.1 Å². The van der Waals surface area contributed by atoms with E-state index in [0.717, 1.165) is 5.56 Å². The van der Waals surface area contributed by atoms with Gasteiger partial charge in [0.2, 0.25) is 11.8 Å². The first kappa shape index (κ1) is 23.3. The summed E-state index contributed by atoms with van der Waals surface area (Å²) in [4.78, 5) is 24.3. The smallest absolute Gasteiger partial charge is 0.242 e. The number of aromatic nitrogens is 2. The molecule has 2 aromatic carbocycles. The van der Waals surface area contributed by atoms with Crippen LogP contribution in [0.15, 0.2) is 53.7 Å². The van der Waals surface area contributed by atoms with Gasteiger partial charge in [-0.3, -0.25) is 9.59 Å². The van der Waals surface area contributed by atoms with Crippen molar-refractivity contribution in [3.05, 3.63) is 59.4 Å². The van der Waals surface area contributed by atoms with E-state index in [2.05, 4.69) is 15.7 Å². The van der Waals surface area contributed by atoms with E-state index < -0.39 is 26.9 Å². The van der Waals surface area contributed by atoms with Crippen LogP contribution in [0, 0.1) is 6.92 Å².